The number of anilines is 2. The molecule has 2 amide bonds. The van der Waals surface area contributed by atoms with Crippen LogP contribution in [-0.2, 0) is 6.61 Å². The van der Waals surface area contributed by atoms with Crippen LogP contribution in [0.1, 0.15) is 37.5 Å². The number of imidazole rings is 1. The molecule has 5 aromatic rings. The maximum absolute atomic E-state index is 12.9. The van der Waals surface area contributed by atoms with Gasteiger partial charge in [0.1, 0.15) is 18.0 Å². The normalized spacial score (nSPS) is 10.8. The highest BCUT2D eigenvalue weighted by Gasteiger charge is 2.14. The number of nitrogens with zero attached hydrogens (tertiary/aromatic N) is 2. The predicted octanol–water partition coefficient (Wildman–Crippen LogP) is 6.03. The number of hydrogen-bond donors (Lipinski definition) is 2. The minimum absolute atomic E-state index is 0.234. The van der Waals surface area contributed by atoms with Crippen molar-refractivity contribution in [3.63, 3.8) is 0 Å². The van der Waals surface area contributed by atoms with Crippen LogP contribution in [0.25, 0.3) is 5.65 Å². The summed E-state index contributed by atoms with van der Waals surface area (Å²) in [5.74, 6) is 0.133. The lowest BCUT2D eigenvalue weighted by atomic mass is 10.1. The molecule has 0 radical (unpaired) electrons. The van der Waals surface area contributed by atoms with E-state index in [4.69, 9.17) is 4.74 Å². The quantitative estimate of drug-likeness (QED) is 0.292. The summed E-state index contributed by atoms with van der Waals surface area (Å²) in [7, 11) is 0. The molecule has 0 spiro atoms. The molecule has 2 N–H and O–H groups in total. The molecule has 3 aromatic carbocycles. The number of hydrogen-bond acceptors (Lipinski definition) is 4. The van der Waals surface area contributed by atoms with Crippen LogP contribution in [0.5, 0.6) is 5.75 Å². The van der Waals surface area contributed by atoms with Crippen LogP contribution in [-0.4, -0.2) is 21.2 Å². The Hall–Kier alpha value is -4.91. The van der Waals surface area contributed by atoms with Gasteiger partial charge in [-0.15, -0.1) is 0 Å². The molecule has 0 fully saturated rings. The van der Waals surface area contributed by atoms with Gasteiger partial charge in [0.25, 0.3) is 11.8 Å². The third-order valence-corrected chi connectivity index (χ3v) is 6.01. The molecule has 2 heterocycles. The Balaban J connectivity index is 1.22. The van der Waals surface area contributed by atoms with E-state index in [2.05, 4.69) is 15.6 Å². The summed E-state index contributed by atoms with van der Waals surface area (Å²) in [6.07, 6.45) is 3.97. The van der Waals surface area contributed by atoms with E-state index in [0.29, 0.717) is 40.4 Å². The molecule has 184 valence electrons. The summed E-state index contributed by atoms with van der Waals surface area (Å²) < 4.78 is 7.84. The molecule has 0 bridgehead atoms. The van der Waals surface area contributed by atoms with Crippen molar-refractivity contribution < 1.29 is 14.3 Å². The van der Waals surface area contributed by atoms with Gasteiger partial charge in [-0.3, -0.25) is 9.59 Å². The molecule has 0 saturated heterocycles. The molecule has 0 saturated carbocycles. The third-order valence-electron chi connectivity index (χ3n) is 6.01. The van der Waals surface area contributed by atoms with Crippen molar-refractivity contribution in [2.75, 3.05) is 10.6 Å². The first-order chi connectivity index (χ1) is 18.0. The number of amides is 2. The third kappa shape index (κ3) is 5.51. The highest BCUT2D eigenvalue weighted by molar-refractivity contribution is 6.08. The molecule has 37 heavy (non-hydrogen) atoms. The molecular weight excluding hydrogens is 464 g/mol. The van der Waals surface area contributed by atoms with Crippen LogP contribution in [0.4, 0.5) is 11.4 Å². The van der Waals surface area contributed by atoms with Gasteiger partial charge in [0.05, 0.1) is 5.69 Å². The van der Waals surface area contributed by atoms with Gasteiger partial charge in [-0.05, 0) is 79.6 Å². The lowest BCUT2D eigenvalue weighted by molar-refractivity contribution is 0.101. The zero-order valence-electron chi connectivity index (χ0n) is 20.6. The first kappa shape index (κ1) is 23.8. The maximum Gasteiger partial charge on any atom is 0.256 e. The van der Waals surface area contributed by atoms with Crippen molar-refractivity contribution in [1.82, 2.24) is 9.38 Å². The summed E-state index contributed by atoms with van der Waals surface area (Å²) in [5, 5.41) is 5.79. The van der Waals surface area contributed by atoms with E-state index in [0.717, 1.165) is 16.9 Å². The van der Waals surface area contributed by atoms with Gasteiger partial charge in [0.2, 0.25) is 0 Å². The Morgan fingerprint density at radius 1 is 0.811 bits per heavy atom. The number of nitrogens with one attached hydrogen (secondary N) is 2. The monoisotopic (exact) mass is 490 g/mol. The summed E-state index contributed by atoms with van der Waals surface area (Å²) in [6, 6.07) is 25.4. The molecule has 2 aromatic heterocycles. The number of pyridine rings is 1. The number of benzene rings is 3. The number of ether oxygens (including phenoxy) is 1. The summed E-state index contributed by atoms with van der Waals surface area (Å²) >= 11 is 0. The summed E-state index contributed by atoms with van der Waals surface area (Å²) in [5.41, 5.74) is 5.79. The molecule has 0 aliphatic heterocycles. The molecule has 0 unspecified atom stereocenters. The average Bonchev–Trinajstić information content (AvgIpc) is 3.31. The Morgan fingerprint density at radius 3 is 2.38 bits per heavy atom. The number of para-hydroxylation sites is 1. The van der Waals surface area contributed by atoms with Crippen LogP contribution in [0.15, 0.2) is 97.3 Å². The molecule has 0 atom stereocenters. The second-order valence-corrected chi connectivity index (χ2v) is 8.77. The van der Waals surface area contributed by atoms with Crippen molar-refractivity contribution in [1.29, 1.82) is 0 Å². The molecule has 5 rings (SSSR count). The topological polar surface area (TPSA) is 84.7 Å². The van der Waals surface area contributed by atoms with E-state index in [1.165, 1.54) is 0 Å². The van der Waals surface area contributed by atoms with E-state index < -0.39 is 0 Å². The maximum atomic E-state index is 12.9. The zero-order valence-corrected chi connectivity index (χ0v) is 20.6. The Morgan fingerprint density at radius 2 is 1.59 bits per heavy atom. The molecule has 7 heteroatoms. The fourth-order valence-corrected chi connectivity index (χ4v) is 4.02. The van der Waals surface area contributed by atoms with Crippen LogP contribution >= 0.6 is 0 Å². The van der Waals surface area contributed by atoms with E-state index in [9.17, 15) is 9.59 Å². The van der Waals surface area contributed by atoms with Gasteiger partial charge in [0, 0.05) is 34.9 Å². The van der Waals surface area contributed by atoms with Crippen LogP contribution < -0.4 is 15.4 Å². The average molecular weight is 491 g/mol. The largest absolute Gasteiger partial charge is 0.487 e. The standard InChI is InChI=1S/C30H26N4O3/c1-20-11-16-28-31-24(18-34(28)17-20)19-37-25-14-12-22(13-15-25)29(35)33-27-10-6-9-26(21(27)2)30(36)32-23-7-4-3-5-8-23/h3-18H,19H2,1-2H3,(H,32,36)(H,33,35). The van der Waals surface area contributed by atoms with Gasteiger partial charge in [-0.25, -0.2) is 4.98 Å². The number of aromatic nitrogens is 2. The van der Waals surface area contributed by atoms with Gasteiger partial charge >= 0.3 is 0 Å². The Bertz CT molecular complexity index is 1570. The van der Waals surface area contributed by atoms with E-state index in [1.54, 1.807) is 42.5 Å². The number of carbonyl (C=O) groups is 2. The summed E-state index contributed by atoms with van der Waals surface area (Å²) in [6.45, 7) is 4.17. The predicted molar refractivity (Wildman–Crippen MR) is 144 cm³/mol. The number of carbonyl (C=O) groups excluding carboxylic acids is 2. The van der Waals surface area contributed by atoms with E-state index in [-0.39, 0.29) is 11.8 Å². The zero-order chi connectivity index (χ0) is 25.8. The van der Waals surface area contributed by atoms with Gasteiger partial charge in [-0.2, -0.15) is 0 Å². The molecule has 7 nitrogen and oxygen atoms in total. The van der Waals surface area contributed by atoms with Crippen molar-refractivity contribution in [2.45, 2.75) is 20.5 Å². The minimum atomic E-state index is -0.272. The van der Waals surface area contributed by atoms with Crippen LogP contribution in [0.2, 0.25) is 0 Å². The van der Waals surface area contributed by atoms with Gasteiger partial charge in [0.15, 0.2) is 0 Å². The highest BCUT2D eigenvalue weighted by atomic mass is 16.5. The first-order valence-electron chi connectivity index (χ1n) is 11.9. The van der Waals surface area contributed by atoms with E-state index >= 15 is 0 Å². The second kappa shape index (κ2) is 10.4. The second-order valence-electron chi connectivity index (χ2n) is 8.77. The first-order valence-corrected chi connectivity index (χ1v) is 11.9. The molecule has 0 aliphatic rings. The fourth-order valence-electron chi connectivity index (χ4n) is 4.02. The number of rotatable bonds is 7. The Kier molecular flexibility index (Phi) is 6.68. The van der Waals surface area contributed by atoms with Gasteiger partial charge in [-0.1, -0.05) is 30.3 Å². The SMILES string of the molecule is Cc1ccc2nc(COc3ccc(C(=O)Nc4cccc(C(=O)Nc5ccccc5)c4C)cc3)cn2c1. The highest BCUT2D eigenvalue weighted by Crippen LogP contribution is 2.22. The van der Waals surface area contributed by atoms with Gasteiger partial charge < -0.3 is 19.8 Å². The van der Waals surface area contributed by atoms with Crippen molar-refractivity contribution in [3.8, 4) is 5.75 Å². The lowest BCUT2D eigenvalue weighted by Gasteiger charge is -2.13. The van der Waals surface area contributed by atoms with Crippen LogP contribution in [0.3, 0.4) is 0 Å². The fraction of sp³-hybridized carbons (Fsp3) is 0.100. The van der Waals surface area contributed by atoms with E-state index in [1.807, 2.05) is 73.1 Å². The van der Waals surface area contributed by atoms with Crippen molar-refractivity contribution in [3.05, 3.63) is 125 Å². The molecule has 0 aliphatic carbocycles. The van der Waals surface area contributed by atoms with Crippen molar-refractivity contribution >= 4 is 28.8 Å². The van der Waals surface area contributed by atoms with Crippen LogP contribution in [0, 0.1) is 13.8 Å². The molecular formula is C30H26N4O3. The summed E-state index contributed by atoms with van der Waals surface area (Å²) in [4.78, 5) is 30.2. The lowest BCUT2D eigenvalue weighted by Crippen LogP contribution is -2.17. The number of fused-ring (bicyclic) bond motifs is 1. The number of aryl methyl sites for hydroxylation is 1. The minimum Gasteiger partial charge on any atom is -0.487 e. The van der Waals surface area contributed by atoms with Crippen molar-refractivity contribution in [2.24, 2.45) is 0 Å². The Labute approximate surface area is 214 Å². The smallest absolute Gasteiger partial charge is 0.256 e.